The van der Waals surface area contributed by atoms with Crippen LogP contribution in [0.4, 0.5) is 5.69 Å². The summed E-state index contributed by atoms with van der Waals surface area (Å²) >= 11 is 3.40. The third kappa shape index (κ3) is 4.49. The van der Waals surface area contributed by atoms with Crippen LogP contribution >= 0.6 is 15.9 Å². The average molecular weight is 416 g/mol. The Morgan fingerprint density at radius 2 is 2.12 bits per heavy atom. The van der Waals surface area contributed by atoms with Crippen molar-refractivity contribution in [3.8, 4) is 11.5 Å². The van der Waals surface area contributed by atoms with Gasteiger partial charge in [0, 0.05) is 29.2 Å². The highest BCUT2D eigenvalue weighted by molar-refractivity contribution is 9.10. The van der Waals surface area contributed by atoms with Gasteiger partial charge in [-0.3, -0.25) is 9.59 Å². The number of hydrogen-bond donors (Lipinski definition) is 1. The molecule has 3 rings (SSSR count). The monoisotopic (exact) mass is 415 g/mol. The quantitative estimate of drug-likeness (QED) is 0.659. The molecule has 6 nitrogen and oxygen atoms in total. The van der Waals surface area contributed by atoms with Crippen molar-refractivity contribution in [3.63, 3.8) is 0 Å². The number of carbonyl (C=O) groups is 1. The zero-order chi connectivity index (χ0) is 18.5. The molecule has 26 heavy (non-hydrogen) atoms. The predicted molar refractivity (Wildman–Crippen MR) is 103 cm³/mol. The summed E-state index contributed by atoms with van der Waals surface area (Å²) in [6, 6.07) is 12.3. The van der Waals surface area contributed by atoms with E-state index in [4.69, 9.17) is 4.42 Å². The van der Waals surface area contributed by atoms with E-state index in [2.05, 4.69) is 26.3 Å². The maximum absolute atomic E-state index is 12.1. The highest BCUT2D eigenvalue weighted by atomic mass is 79.9. The normalized spacial score (nSPS) is 10.7. The molecule has 0 atom stereocenters. The maximum Gasteiger partial charge on any atom is 0.266 e. The van der Waals surface area contributed by atoms with E-state index in [0.717, 1.165) is 15.7 Å². The fraction of sp³-hybridized carbons (Fsp3) is 0.211. The van der Waals surface area contributed by atoms with Gasteiger partial charge >= 0.3 is 0 Å². The second-order valence-electron chi connectivity index (χ2n) is 5.87. The molecule has 0 spiro atoms. The average Bonchev–Trinajstić information content (AvgIpc) is 3.14. The molecule has 0 saturated heterocycles. The minimum atomic E-state index is -0.204. The van der Waals surface area contributed by atoms with Gasteiger partial charge in [0.15, 0.2) is 5.76 Å². The zero-order valence-electron chi connectivity index (χ0n) is 14.2. The van der Waals surface area contributed by atoms with Crippen molar-refractivity contribution in [1.82, 2.24) is 9.78 Å². The number of halogens is 1. The number of benzene rings is 1. The fourth-order valence-corrected chi connectivity index (χ4v) is 3.01. The minimum Gasteiger partial charge on any atom is -0.463 e. The van der Waals surface area contributed by atoms with Crippen molar-refractivity contribution >= 4 is 27.5 Å². The molecule has 0 radical (unpaired) electrons. The van der Waals surface area contributed by atoms with E-state index >= 15 is 0 Å². The molecule has 0 unspecified atom stereocenters. The molecule has 0 fully saturated rings. The summed E-state index contributed by atoms with van der Waals surface area (Å²) in [5, 5.41) is 7.18. The number of rotatable bonds is 6. The van der Waals surface area contributed by atoms with Crippen LogP contribution in [0.25, 0.3) is 11.5 Å². The Morgan fingerprint density at radius 1 is 1.27 bits per heavy atom. The summed E-state index contributed by atoms with van der Waals surface area (Å²) in [5.74, 6) is 0.507. The van der Waals surface area contributed by atoms with Crippen molar-refractivity contribution in [1.29, 1.82) is 0 Å². The predicted octanol–water partition coefficient (Wildman–Crippen LogP) is 3.99. The first kappa shape index (κ1) is 18.1. The van der Waals surface area contributed by atoms with Crippen LogP contribution in [-0.4, -0.2) is 15.7 Å². The Bertz CT molecular complexity index is 964. The Hall–Kier alpha value is -2.67. The third-order valence-corrected chi connectivity index (χ3v) is 4.37. The number of aryl methyl sites for hydroxylation is 2. The molecule has 1 aromatic carbocycles. The van der Waals surface area contributed by atoms with Gasteiger partial charge < -0.3 is 9.73 Å². The van der Waals surface area contributed by atoms with Crippen LogP contribution in [0.5, 0.6) is 0 Å². The van der Waals surface area contributed by atoms with Gasteiger partial charge in [0.1, 0.15) is 5.69 Å². The van der Waals surface area contributed by atoms with Gasteiger partial charge in [0.25, 0.3) is 5.56 Å². The molecule has 2 aromatic heterocycles. The fourth-order valence-electron chi connectivity index (χ4n) is 2.53. The second kappa shape index (κ2) is 8.14. The lowest BCUT2D eigenvalue weighted by atomic mass is 10.2. The first-order valence-corrected chi connectivity index (χ1v) is 9.00. The molecule has 0 aliphatic rings. The van der Waals surface area contributed by atoms with Crippen molar-refractivity contribution in [2.45, 2.75) is 26.3 Å². The first-order chi connectivity index (χ1) is 12.5. The van der Waals surface area contributed by atoms with Gasteiger partial charge in [-0.15, -0.1) is 0 Å². The number of carbonyl (C=O) groups excluding carboxylic acids is 1. The highest BCUT2D eigenvalue weighted by Crippen LogP contribution is 2.20. The largest absolute Gasteiger partial charge is 0.463 e. The number of amides is 1. The SMILES string of the molecule is Cc1cc(Br)ccc1NC(=O)CCCn1nc(-c2ccco2)ccc1=O. The van der Waals surface area contributed by atoms with E-state index in [0.29, 0.717) is 30.8 Å². The molecule has 7 heteroatoms. The minimum absolute atomic E-state index is 0.0920. The Balaban J connectivity index is 1.58. The Labute approximate surface area is 159 Å². The van der Waals surface area contributed by atoms with Gasteiger partial charge in [0.05, 0.1) is 6.26 Å². The van der Waals surface area contributed by atoms with Crippen molar-refractivity contribution in [2.75, 3.05) is 5.32 Å². The van der Waals surface area contributed by atoms with Crippen molar-refractivity contribution < 1.29 is 9.21 Å². The van der Waals surface area contributed by atoms with Crippen molar-refractivity contribution in [3.05, 3.63) is 69.1 Å². The summed E-state index contributed by atoms with van der Waals surface area (Å²) in [4.78, 5) is 24.1. The van der Waals surface area contributed by atoms with Gasteiger partial charge in [-0.05, 0) is 55.3 Å². The number of nitrogens with one attached hydrogen (secondary N) is 1. The summed E-state index contributed by atoms with van der Waals surface area (Å²) < 4.78 is 7.62. The van der Waals surface area contributed by atoms with E-state index in [1.165, 1.54) is 10.7 Å². The van der Waals surface area contributed by atoms with Crippen LogP contribution in [-0.2, 0) is 11.3 Å². The highest BCUT2D eigenvalue weighted by Gasteiger charge is 2.08. The summed E-state index contributed by atoms with van der Waals surface area (Å²) in [6.07, 6.45) is 2.37. The van der Waals surface area contributed by atoms with Crippen LogP contribution in [0, 0.1) is 6.92 Å². The molecule has 1 amide bonds. The lowest BCUT2D eigenvalue weighted by molar-refractivity contribution is -0.116. The molecule has 2 heterocycles. The molecule has 0 aliphatic carbocycles. The van der Waals surface area contributed by atoms with Gasteiger partial charge in [0.2, 0.25) is 5.91 Å². The topological polar surface area (TPSA) is 77.1 Å². The van der Waals surface area contributed by atoms with Crippen LogP contribution in [0.3, 0.4) is 0 Å². The summed E-state index contributed by atoms with van der Waals surface area (Å²) in [5.41, 5.74) is 2.15. The van der Waals surface area contributed by atoms with E-state index in [1.807, 2.05) is 25.1 Å². The molecule has 1 N–H and O–H groups in total. The summed E-state index contributed by atoms with van der Waals surface area (Å²) in [6.45, 7) is 2.30. The molecule has 0 aliphatic heterocycles. The number of furan rings is 1. The molecule has 3 aromatic rings. The second-order valence-corrected chi connectivity index (χ2v) is 6.78. The maximum atomic E-state index is 12.1. The molecular weight excluding hydrogens is 398 g/mol. The van der Waals surface area contributed by atoms with E-state index in [9.17, 15) is 9.59 Å². The van der Waals surface area contributed by atoms with Gasteiger partial charge in [-0.2, -0.15) is 5.10 Å². The zero-order valence-corrected chi connectivity index (χ0v) is 15.8. The smallest absolute Gasteiger partial charge is 0.266 e. The van der Waals surface area contributed by atoms with Crippen LogP contribution in [0.15, 0.2) is 62.4 Å². The number of hydrogen-bond acceptors (Lipinski definition) is 4. The van der Waals surface area contributed by atoms with Crippen LogP contribution < -0.4 is 10.9 Å². The molecular formula is C19H18BrN3O3. The van der Waals surface area contributed by atoms with E-state index in [1.54, 1.807) is 24.5 Å². The number of aromatic nitrogens is 2. The van der Waals surface area contributed by atoms with Gasteiger partial charge in [-0.25, -0.2) is 4.68 Å². The standard InChI is InChI=1S/C19H18BrN3O3/c1-13-12-14(20)6-7-15(13)21-18(24)5-2-10-23-19(25)9-8-16(22-23)17-4-3-11-26-17/h3-4,6-9,11-12H,2,5,10H2,1H3,(H,21,24). The lowest BCUT2D eigenvalue weighted by Crippen LogP contribution is -2.23. The van der Waals surface area contributed by atoms with Crippen LogP contribution in [0.2, 0.25) is 0 Å². The molecule has 134 valence electrons. The Morgan fingerprint density at radius 3 is 2.85 bits per heavy atom. The molecule has 0 bridgehead atoms. The van der Waals surface area contributed by atoms with E-state index < -0.39 is 0 Å². The van der Waals surface area contributed by atoms with Gasteiger partial charge in [-0.1, -0.05) is 15.9 Å². The van der Waals surface area contributed by atoms with Crippen molar-refractivity contribution in [2.24, 2.45) is 0 Å². The van der Waals surface area contributed by atoms with E-state index in [-0.39, 0.29) is 11.5 Å². The first-order valence-electron chi connectivity index (χ1n) is 8.21. The Kier molecular flexibility index (Phi) is 5.68. The summed E-state index contributed by atoms with van der Waals surface area (Å²) in [7, 11) is 0. The third-order valence-electron chi connectivity index (χ3n) is 3.88. The molecule has 0 saturated carbocycles. The lowest BCUT2D eigenvalue weighted by Gasteiger charge is -2.09. The number of nitrogens with zero attached hydrogens (tertiary/aromatic N) is 2. The van der Waals surface area contributed by atoms with Crippen LogP contribution in [0.1, 0.15) is 18.4 Å². The number of anilines is 1.